The zero-order chi connectivity index (χ0) is 16.9. The Morgan fingerprint density at radius 2 is 2.25 bits per heavy atom. The number of rotatable bonds is 6. The van der Waals surface area contributed by atoms with Crippen LogP contribution in [0.4, 0.5) is 0 Å². The van der Waals surface area contributed by atoms with E-state index in [1.807, 2.05) is 48.2 Å². The first kappa shape index (κ1) is 16.6. The van der Waals surface area contributed by atoms with E-state index in [-0.39, 0.29) is 6.04 Å². The molecule has 1 aliphatic heterocycles. The largest absolute Gasteiger partial charge is 0.494 e. The van der Waals surface area contributed by atoms with Gasteiger partial charge in [0.05, 0.1) is 18.9 Å². The highest BCUT2D eigenvalue weighted by Gasteiger charge is 2.36. The van der Waals surface area contributed by atoms with Crippen LogP contribution in [-0.2, 0) is 4.79 Å². The molecule has 1 aromatic heterocycles. The smallest absolute Gasteiger partial charge is 0.320 e. The monoisotopic (exact) mass is 329 g/mol. The van der Waals surface area contributed by atoms with E-state index in [0.717, 1.165) is 36.5 Å². The summed E-state index contributed by atoms with van der Waals surface area (Å²) < 4.78 is 11.3. The normalized spacial score (nSPS) is 19.8. The Balaban J connectivity index is 2.00. The van der Waals surface area contributed by atoms with E-state index in [9.17, 15) is 9.90 Å². The summed E-state index contributed by atoms with van der Waals surface area (Å²) in [6, 6.07) is 10.9. The molecule has 2 atom stereocenters. The highest BCUT2D eigenvalue weighted by molar-refractivity contribution is 5.73. The highest BCUT2D eigenvalue weighted by atomic mass is 16.5. The molecule has 1 aromatic carbocycles. The fraction of sp³-hybridized carbons (Fsp3) is 0.421. The molecule has 0 saturated carbocycles. The third-order valence-corrected chi connectivity index (χ3v) is 4.46. The second kappa shape index (κ2) is 7.53. The van der Waals surface area contributed by atoms with Crippen LogP contribution in [0, 0.1) is 0 Å². The van der Waals surface area contributed by atoms with E-state index in [0.29, 0.717) is 13.0 Å². The van der Waals surface area contributed by atoms with Gasteiger partial charge in [0.25, 0.3) is 0 Å². The maximum atomic E-state index is 11.7. The molecule has 1 N–H and O–H groups in total. The minimum absolute atomic E-state index is 0.221. The quantitative estimate of drug-likeness (QED) is 0.875. The van der Waals surface area contributed by atoms with Crippen molar-refractivity contribution in [2.45, 2.75) is 38.3 Å². The number of carbonyl (C=O) groups is 1. The van der Waals surface area contributed by atoms with Gasteiger partial charge in [0.1, 0.15) is 17.6 Å². The number of likely N-dealkylation sites (tertiary alicyclic amines) is 1. The van der Waals surface area contributed by atoms with Crippen molar-refractivity contribution in [2.24, 2.45) is 0 Å². The Morgan fingerprint density at radius 3 is 2.96 bits per heavy atom. The van der Waals surface area contributed by atoms with Crippen LogP contribution in [0.1, 0.15) is 43.6 Å². The summed E-state index contributed by atoms with van der Waals surface area (Å²) in [6.07, 6.45) is 4.23. The van der Waals surface area contributed by atoms with Gasteiger partial charge in [-0.3, -0.25) is 9.69 Å². The lowest BCUT2D eigenvalue weighted by molar-refractivity contribution is -0.145. The molecule has 1 saturated heterocycles. The minimum atomic E-state index is -0.771. The van der Waals surface area contributed by atoms with E-state index < -0.39 is 12.0 Å². The average molecular weight is 329 g/mol. The third kappa shape index (κ3) is 3.46. The Kier molecular flexibility index (Phi) is 5.20. The maximum absolute atomic E-state index is 11.7. The molecular formula is C19H23NO4. The summed E-state index contributed by atoms with van der Waals surface area (Å²) in [5, 5.41) is 9.64. The molecule has 24 heavy (non-hydrogen) atoms. The SMILES string of the molecule is CCOc1cccc(C(c2ccco2)N2CCCCC2C(=O)O)c1. The molecule has 0 radical (unpaired) electrons. The molecule has 3 rings (SSSR count). The maximum Gasteiger partial charge on any atom is 0.320 e. The number of ether oxygens (including phenoxy) is 1. The first-order valence-corrected chi connectivity index (χ1v) is 8.45. The standard InChI is InChI=1S/C19H23NO4/c1-2-23-15-8-5-7-14(13-15)18(17-10-6-12-24-17)20-11-4-3-9-16(20)19(21)22/h5-8,10,12-13,16,18H,2-4,9,11H2,1H3,(H,21,22). The van der Waals surface area contributed by atoms with Crippen LogP contribution >= 0.6 is 0 Å². The molecule has 0 spiro atoms. The molecule has 2 aromatic rings. The fourth-order valence-electron chi connectivity index (χ4n) is 3.44. The van der Waals surface area contributed by atoms with Gasteiger partial charge in [-0.05, 0) is 49.6 Å². The summed E-state index contributed by atoms with van der Waals surface area (Å²) in [5.74, 6) is 0.777. The van der Waals surface area contributed by atoms with E-state index >= 15 is 0 Å². The number of carboxylic acids is 1. The molecule has 2 heterocycles. The number of carboxylic acid groups (broad SMARTS) is 1. The summed E-state index contributed by atoms with van der Waals surface area (Å²) in [7, 11) is 0. The van der Waals surface area contributed by atoms with Crippen LogP contribution in [0.5, 0.6) is 5.75 Å². The van der Waals surface area contributed by atoms with Crippen molar-refractivity contribution in [2.75, 3.05) is 13.2 Å². The molecule has 128 valence electrons. The van der Waals surface area contributed by atoms with Gasteiger partial charge in [-0.15, -0.1) is 0 Å². The number of aliphatic carboxylic acids is 1. The van der Waals surface area contributed by atoms with Crippen LogP contribution < -0.4 is 4.74 Å². The van der Waals surface area contributed by atoms with Crippen molar-refractivity contribution in [3.63, 3.8) is 0 Å². The molecular weight excluding hydrogens is 306 g/mol. The van der Waals surface area contributed by atoms with Crippen molar-refractivity contribution in [1.82, 2.24) is 4.90 Å². The number of hydrogen-bond donors (Lipinski definition) is 1. The topological polar surface area (TPSA) is 62.9 Å². The Morgan fingerprint density at radius 1 is 1.38 bits per heavy atom. The van der Waals surface area contributed by atoms with E-state index in [1.165, 1.54) is 0 Å². The fourth-order valence-corrected chi connectivity index (χ4v) is 3.44. The van der Waals surface area contributed by atoms with E-state index in [1.54, 1.807) is 6.26 Å². The first-order valence-electron chi connectivity index (χ1n) is 8.45. The summed E-state index contributed by atoms with van der Waals surface area (Å²) in [5.41, 5.74) is 0.990. The Labute approximate surface area is 141 Å². The van der Waals surface area contributed by atoms with Gasteiger partial charge in [0.15, 0.2) is 0 Å². The molecule has 1 aliphatic rings. The molecule has 0 bridgehead atoms. The van der Waals surface area contributed by atoms with E-state index in [2.05, 4.69) is 0 Å². The van der Waals surface area contributed by atoms with Crippen LogP contribution in [0.15, 0.2) is 47.1 Å². The van der Waals surface area contributed by atoms with Gasteiger partial charge >= 0.3 is 5.97 Å². The average Bonchev–Trinajstić information content (AvgIpc) is 3.10. The van der Waals surface area contributed by atoms with Gasteiger partial charge in [-0.2, -0.15) is 0 Å². The Hall–Kier alpha value is -2.27. The molecule has 2 unspecified atom stereocenters. The van der Waals surface area contributed by atoms with Crippen molar-refractivity contribution >= 4 is 5.97 Å². The summed E-state index contributed by atoms with van der Waals surface area (Å²) >= 11 is 0. The Bertz CT molecular complexity index is 668. The van der Waals surface area contributed by atoms with Crippen LogP contribution in [0.25, 0.3) is 0 Å². The van der Waals surface area contributed by atoms with Crippen molar-refractivity contribution in [1.29, 1.82) is 0 Å². The number of nitrogens with zero attached hydrogens (tertiary/aromatic N) is 1. The van der Waals surface area contributed by atoms with Crippen molar-refractivity contribution in [3.05, 3.63) is 54.0 Å². The first-order chi connectivity index (χ1) is 11.7. The van der Waals surface area contributed by atoms with Gasteiger partial charge < -0.3 is 14.3 Å². The molecule has 5 nitrogen and oxygen atoms in total. The molecule has 5 heteroatoms. The van der Waals surface area contributed by atoms with Crippen molar-refractivity contribution in [3.8, 4) is 5.75 Å². The lowest BCUT2D eigenvalue weighted by Crippen LogP contribution is -2.46. The van der Waals surface area contributed by atoms with Gasteiger partial charge in [0.2, 0.25) is 0 Å². The van der Waals surface area contributed by atoms with Gasteiger partial charge in [-0.1, -0.05) is 18.6 Å². The third-order valence-electron chi connectivity index (χ3n) is 4.46. The second-order valence-electron chi connectivity index (χ2n) is 6.01. The van der Waals surface area contributed by atoms with Crippen LogP contribution in [-0.4, -0.2) is 35.2 Å². The number of hydrogen-bond acceptors (Lipinski definition) is 4. The zero-order valence-electron chi connectivity index (χ0n) is 13.9. The predicted molar refractivity (Wildman–Crippen MR) is 90.1 cm³/mol. The second-order valence-corrected chi connectivity index (χ2v) is 6.01. The zero-order valence-corrected chi connectivity index (χ0v) is 13.9. The van der Waals surface area contributed by atoms with Crippen LogP contribution in [0.3, 0.4) is 0 Å². The number of benzene rings is 1. The van der Waals surface area contributed by atoms with Crippen molar-refractivity contribution < 1.29 is 19.1 Å². The predicted octanol–water partition coefficient (Wildman–Crippen LogP) is 3.71. The highest BCUT2D eigenvalue weighted by Crippen LogP contribution is 2.35. The van der Waals surface area contributed by atoms with Gasteiger partial charge in [-0.25, -0.2) is 0 Å². The van der Waals surface area contributed by atoms with Gasteiger partial charge in [0, 0.05) is 6.54 Å². The lowest BCUT2D eigenvalue weighted by Gasteiger charge is -2.38. The molecule has 0 amide bonds. The number of furan rings is 1. The molecule has 0 aliphatic carbocycles. The van der Waals surface area contributed by atoms with Crippen LogP contribution in [0.2, 0.25) is 0 Å². The summed E-state index contributed by atoms with van der Waals surface area (Å²) in [6.45, 7) is 3.28. The van der Waals surface area contributed by atoms with E-state index in [4.69, 9.17) is 9.15 Å². The molecule has 1 fully saturated rings. The summed E-state index contributed by atoms with van der Waals surface area (Å²) in [4.78, 5) is 13.8. The lowest BCUT2D eigenvalue weighted by atomic mass is 9.94. The minimum Gasteiger partial charge on any atom is -0.494 e. The number of piperidine rings is 1.